The third kappa shape index (κ3) is 1.64. The number of hydrogen-bond acceptors (Lipinski definition) is 1. The van der Waals surface area contributed by atoms with Crippen molar-refractivity contribution >= 4 is 0 Å². The summed E-state index contributed by atoms with van der Waals surface area (Å²) in [6.07, 6.45) is 1.30. The number of hydrogen-bond donors (Lipinski definition) is 0. The molecule has 0 amide bonds. The lowest BCUT2D eigenvalue weighted by molar-refractivity contribution is -0.917. The standard InChI is InChI=1S/C10H23N2/c1-5-10-8-12(6-2,7-3)9-11(10)4/h10H,5-9H2,1-4H3/q+1. The molecule has 1 aliphatic heterocycles. The van der Waals surface area contributed by atoms with E-state index in [1.807, 2.05) is 0 Å². The lowest BCUT2D eigenvalue weighted by Crippen LogP contribution is -2.46. The Kier molecular flexibility index (Phi) is 3.13. The van der Waals surface area contributed by atoms with E-state index < -0.39 is 0 Å². The minimum atomic E-state index is 0.824. The SMILES string of the molecule is CCC1C[N+](CC)(CC)CN1C. The van der Waals surface area contributed by atoms with Gasteiger partial charge in [-0.1, -0.05) is 6.92 Å². The smallest absolute Gasteiger partial charge is 0.135 e. The molecule has 0 spiro atoms. The van der Waals surface area contributed by atoms with Crippen LogP contribution in [0, 0.1) is 0 Å². The highest BCUT2D eigenvalue weighted by Gasteiger charge is 2.38. The highest BCUT2D eigenvalue weighted by atomic mass is 15.5. The van der Waals surface area contributed by atoms with E-state index in [-0.39, 0.29) is 0 Å². The Balaban J connectivity index is 2.61. The minimum absolute atomic E-state index is 0.824. The molecule has 1 saturated heterocycles. The minimum Gasteiger partial charge on any atom is -0.310 e. The van der Waals surface area contributed by atoms with Crippen LogP contribution in [0.1, 0.15) is 27.2 Å². The fourth-order valence-electron chi connectivity index (χ4n) is 2.36. The second kappa shape index (κ2) is 3.75. The predicted octanol–water partition coefficient (Wildman–Crippen LogP) is 1.52. The quantitative estimate of drug-likeness (QED) is 0.582. The van der Waals surface area contributed by atoms with E-state index in [1.54, 1.807) is 0 Å². The summed E-state index contributed by atoms with van der Waals surface area (Å²) in [6, 6.07) is 0.824. The van der Waals surface area contributed by atoms with Gasteiger partial charge in [-0.15, -0.1) is 0 Å². The van der Waals surface area contributed by atoms with Crippen molar-refractivity contribution in [3.8, 4) is 0 Å². The van der Waals surface area contributed by atoms with E-state index >= 15 is 0 Å². The lowest BCUT2D eigenvalue weighted by atomic mass is 10.2. The summed E-state index contributed by atoms with van der Waals surface area (Å²) in [7, 11) is 2.26. The first-order valence-electron chi connectivity index (χ1n) is 5.22. The molecule has 0 aromatic heterocycles. The van der Waals surface area contributed by atoms with Gasteiger partial charge < -0.3 is 4.48 Å². The number of likely N-dealkylation sites (N-methyl/N-ethyl adjacent to an activating group) is 2. The molecule has 0 saturated carbocycles. The Morgan fingerprint density at radius 2 is 1.83 bits per heavy atom. The molecule has 72 valence electrons. The molecule has 12 heavy (non-hydrogen) atoms. The highest BCUT2D eigenvalue weighted by Crippen LogP contribution is 2.21. The first kappa shape index (κ1) is 10.0. The topological polar surface area (TPSA) is 3.24 Å². The molecular formula is C10H23N2+. The fourth-order valence-corrected chi connectivity index (χ4v) is 2.36. The first-order valence-corrected chi connectivity index (χ1v) is 5.22. The van der Waals surface area contributed by atoms with E-state index in [9.17, 15) is 0 Å². The van der Waals surface area contributed by atoms with Crippen LogP contribution in [0.25, 0.3) is 0 Å². The van der Waals surface area contributed by atoms with E-state index in [0.29, 0.717) is 0 Å². The maximum atomic E-state index is 2.52. The molecule has 1 atom stereocenters. The number of nitrogens with zero attached hydrogens (tertiary/aromatic N) is 2. The third-order valence-electron chi connectivity index (χ3n) is 3.56. The molecule has 1 heterocycles. The lowest BCUT2D eigenvalue weighted by Gasteiger charge is -2.31. The van der Waals surface area contributed by atoms with Crippen molar-refractivity contribution in [3.63, 3.8) is 0 Å². The second-order valence-corrected chi connectivity index (χ2v) is 4.12. The van der Waals surface area contributed by atoms with Crippen LogP contribution in [0.4, 0.5) is 0 Å². The van der Waals surface area contributed by atoms with E-state index in [2.05, 4.69) is 32.7 Å². The van der Waals surface area contributed by atoms with Crippen molar-refractivity contribution in [3.05, 3.63) is 0 Å². The summed E-state index contributed by atoms with van der Waals surface area (Å²) >= 11 is 0. The van der Waals surface area contributed by atoms with Gasteiger partial charge in [-0.25, -0.2) is 0 Å². The molecule has 1 rings (SSSR count). The summed E-state index contributed by atoms with van der Waals surface area (Å²) in [5, 5.41) is 0. The van der Waals surface area contributed by atoms with E-state index in [4.69, 9.17) is 0 Å². The van der Waals surface area contributed by atoms with Gasteiger partial charge >= 0.3 is 0 Å². The molecule has 0 aromatic rings. The molecule has 2 heteroatoms. The van der Waals surface area contributed by atoms with Gasteiger partial charge in [-0.3, -0.25) is 4.90 Å². The van der Waals surface area contributed by atoms with Gasteiger partial charge in [0, 0.05) is 0 Å². The van der Waals surface area contributed by atoms with Gasteiger partial charge in [0.25, 0.3) is 0 Å². The summed E-state index contributed by atoms with van der Waals surface area (Å²) in [5.74, 6) is 0. The monoisotopic (exact) mass is 171 g/mol. The van der Waals surface area contributed by atoms with Crippen molar-refractivity contribution in [1.29, 1.82) is 0 Å². The molecule has 0 bridgehead atoms. The van der Waals surface area contributed by atoms with Gasteiger partial charge in [-0.2, -0.15) is 0 Å². The normalized spacial score (nSPS) is 29.5. The van der Waals surface area contributed by atoms with Gasteiger partial charge in [0.15, 0.2) is 0 Å². The molecule has 2 nitrogen and oxygen atoms in total. The Morgan fingerprint density at radius 3 is 2.08 bits per heavy atom. The van der Waals surface area contributed by atoms with E-state index in [1.165, 1.54) is 37.2 Å². The fraction of sp³-hybridized carbons (Fsp3) is 1.00. The number of rotatable bonds is 3. The molecule has 0 N–H and O–H groups in total. The van der Waals surface area contributed by atoms with Crippen molar-refractivity contribution in [2.24, 2.45) is 0 Å². The van der Waals surface area contributed by atoms with Crippen molar-refractivity contribution in [2.45, 2.75) is 33.2 Å². The molecule has 1 unspecified atom stereocenters. The zero-order valence-corrected chi connectivity index (χ0v) is 9.01. The van der Waals surface area contributed by atoms with Crippen LogP contribution in [-0.4, -0.2) is 48.8 Å². The van der Waals surface area contributed by atoms with Gasteiger partial charge in [-0.05, 0) is 27.3 Å². The molecule has 0 aliphatic carbocycles. The zero-order chi connectivity index (χ0) is 9.19. The van der Waals surface area contributed by atoms with Crippen LogP contribution in [0.2, 0.25) is 0 Å². The van der Waals surface area contributed by atoms with Gasteiger partial charge in [0.1, 0.15) is 6.67 Å². The third-order valence-corrected chi connectivity index (χ3v) is 3.56. The summed E-state index contributed by atoms with van der Waals surface area (Å²) in [4.78, 5) is 2.52. The Hall–Kier alpha value is -0.0800. The van der Waals surface area contributed by atoms with Crippen molar-refractivity contribution in [1.82, 2.24) is 4.90 Å². The summed E-state index contributed by atoms with van der Waals surface area (Å²) in [5.41, 5.74) is 0. The van der Waals surface area contributed by atoms with Crippen LogP contribution in [0.5, 0.6) is 0 Å². The van der Waals surface area contributed by atoms with Crippen LogP contribution >= 0.6 is 0 Å². The maximum absolute atomic E-state index is 2.52. The zero-order valence-electron chi connectivity index (χ0n) is 9.01. The highest BCUT2D eigenvalue weighted by molar-refractivity contribution is 4.70. The Bertz CT molecular complexity index is 141. The largest absolute Gasteiger partial charge is 0.310 e. The average Bonchev–Trinajstić information content (AvgIpc) is 2.43. The van der Waals surface area contributed by atoms with E-state index in [0.717, 1.165) is 6.04 Å². The summed E-state index contributed by atoms with van der Waals surface area (Å²) in [6.45, 7) is 12.1. The average molecular weight is 171 g/mol. The van der Waals surface area contributed by atoms with Crippen molar-refractivity contribution < 1.29 is 4.48 Å². The molecule has 1 aliphatic rings. The second-order valence-electron chi connectivity index (χ2n) is 4.12. The summed E-state index contributed by atoms with van der Waals surface area (Å²) < 4.78 is 1.30. The Labute approximate surface area is 76.7 Å². The van der Waals surface area contributed by atoms with Crippen LogP contribution in [-0.2, 0) is 0 Å². The first-order chi connectivity index (χ1) is 5.67. The van der Waals surface area contributed by atoms with Gasteiger partial charge in [0.2, 0.25) is 0 Å². The van der Waals surface area contributed by atoms with Crippen molar-refractivity contribution in [2.75, 3.05) is 33.4 Å². The van der Waals surface area contributed by atoms with Crippen LogP contribution in [0.15, 0.2) is 0 Å². The van der Waals surface area contributed by atoms with Gasteiger partial charge in [0.05, 0.1) is 25.7 Å². The maximum Gasteiger partial charge on any atom is 0.135 e. The number of quaternary nitrogens is 1. The Morgan fingerprint density at radius 1 is 1.25 bits per heavy atom. The van der Waals surface area contributed by atoms with Crippen LogP contribution < -0.4 is 0 Å². The molecule has 0 radical (unpaired) electrons. The predicted molar refractivity (Wildman–Crippen MR) is 52.9 cm³/mol. The van der Waals surface area contributed by atoms with Crippen LogP contribution in [0.3, 0.4) is 0 Å². The molecule has 1 fully saturated rings. The molecule has 0 aromatic carbocycles. The molecular weight excluding hydrogens is 148 g/mol.